The third kappa shape index (κ3) is 3.83. The Bertz CT molecular complexity index is 522. The molecule has 0 saturated heterocycles. The quantitative estimate of drug-likeness (QED) is 0.866. The van der Waals surface area contributed by atoms with Crippen LogP contribution in [-0.2, 0) is 13.1 Å². The Balaban J connectivity index is 2.03. The fraction of sp³-hybridized carbons (Fsp3) is 0.400. The first-order valence-corrected chi connectivity index (χ1v) is 6.61. The van der Waals surface area contributed by atoms with E-state index in [1.807, 2.05) is 38.4 Å². The van der Waals surface area contributed by atoms with E-state index in [-0.39, 0.29) is 0 Å². The molecule has 1 N–H and O–H groups in total. The topological polar surface area (TPSA) is 41.3 Å². The van der Waals surface area contributed by atoms with Crippen LogP contribution in [0.3, 0.4) is 0 Å². The van der Waals surface area contributed by atoms with Crippen molar-refractivity contribution in [1.29, 1.82) is 0 Å². The number of nitrogens with zero attached hydrogens (tertiary/aromatic N) is 2. The first-order chi connectivity index (χ1) is 9.19. The number of hydrogen-bond acceptors (Lipinski definition) is 4. The van der Waals surface area contributed by atoms with Crippen LogP contribution in [0.15, 0.2) is 34.9 Å². The minimum Gasteiger partial charge on any atom is -0.464 e. The Morgan fingerprint density at radius 1 is 1.32 bits per heavy atom. The van der Waals surface area contributed by atoms with Gasteiger partial charge in [0.1, 0.15) is 17.3 Å². The van der Waals surface area contributed by atoms with E-state index in [1.165, 1.54) is 5.56 Å². The lowest BCUT2D eigenvalue weighted by Crippen LogP contribution is -2.18. The first kappa shape index (κ1) is 13.6. The number of furan rings is 1. The highest BCUT2D eigenvalue weighted by molar-refractivity contribution is 5.40. The maximum Gasteiger partial charge on any atom is 0.128 e. The minimum atomic E-state index is 0.728. The summed E-state index contributed by atoms with van der Waals surface area (Å²) in [4.78, 5) is 6.50. The van der Waals surface area contributed by atoms with Crippen molar-refractivity contribution in [3.63, 3.8) is 0 Å². The van der Waals surface area contributed by atoms with Gasteiger partial charge in [0.05, 0.1) is 6.54 Å². The number of aromatic nitrogens is 1. The van der Waals surface area contributed by atoms with E-state index in [2.05, 4.69) is 28.2 Å². The van der Waals surface area contributed by atoms with Crippen molar-refractivity contribution in [1.82, 2.24) is 10.3 Å². The molecular formula is C15H21N3O. The van der Waals surface area contributed by atoms with Gasteiger partial charge in [0.25, 0.3) is 0 Å². The fourth-order valence-corrected chi connectivity index (χ4v) is 1.93. The highest BCUT2D eigenvalue weighted by atomic mass is 16.3. The zero-order chi connectivity index (χ0) is 13.7. The van der Waals surface area contributed by atoms with Crippen LogP contribution >= 0.6 is 0 Å². The second-order valence-electron chi connectivity index (χ2n) is 4.67. The van der Waals surface area contributed by atoms with Gasteiger partial charge in [-0.15, -0.1) is 0 Å². The molecule has 0 saturated carbocycles. The molecule has 0 atom stereocenters. The lowest BCUT2D eigenvalue weighted by Gasteiger charge is -2.17. The molecule has 0 amide bonds. The summed E-state index contributed by atoms with van der Waals surface area (Å²) in [6.45, 7) is 6.64. The normalized spacial score (nSPS) is 10.7. The number of anilines is 1. The van der Waals surface area contributed by atoms with Crippen molar-refractivity contribution in [3.8, 4) is 0 Å². The summed E-state index contributed by atoms with van der Waals surface area (Å²) in [5.74, 6) is 2.86. The first-order valence-electron chi connectivity index (χ1n) is 6.61. The van der Waals surface area contributed by atoms with Crippen LogP contribution in [0, 0.1) is 6.92 Å². The van der Waals surface area contributed by atoms with E-state index in [1.54, 1.807) is 0 Å². The highest BCUT2D eigenvalue weighted by Crippen LogP contribution is 2.15. The van der Waals surface area contributed by atoms with Gasteiger partial charge in [0.15, 0.2) is 0 Å². The summed E-state index contributed by atoms with van der Waals surface area (Å²) in [5, 5.41) is 3.32. The highest BCUT2D eigenvalue weighted by Gasteiger charge is 2.07. The average Bonchev–Trinajstić information content (AvgIpc) is 2.82. The van der Waals surface area contributed by atoms with Crippen LogP contribution < -0.4 is 10.2 Å². The Morgan fingerprint density at radius 2 is 2.16 bits per heavy atom. The van der Waals surface area contributed by atoms with Crippen molar-refractivity contribution in [2.75, 3.05) is 18.5 Å². The summed E-state index contributed by atoms with van der Waals surface area (Å²) >= 11 is 0. The third-order valence-corrected chi connectivity index (χ3v) is 2.97. The van der Waals surface area contributed by atoms with Gasteiger partial charge in [-0.2, -0.15) is 0 Å². The monoisotopic (exact) mass is 259 g/mol. The van der Waals surface area contributed by atoms with Gasteiger partial charge in [0, 0.05) is 19.8 Å². The van der Waals surface area contributed by atoms with Gasteiger partial charge in [-0.1, -0.05) is 6.92 Å². The van der Waals surface area contributed by atoms with Crippen LogP contribution in [0.25, 0.3) is 0 Å². The average molecular weight is 259 g/mol. The molecule has 4 heteroatoms. The molecule has 4 nitrogen and oxygen atoms in total. The molecule has 0 fully saturated rings. The second-order valence-corrected chi connectivity index (χ2v) is 4.67. The summed E-state index contributed by atoms with van der Waals surface area (Å²) in [7, 11) is 2.03. The van der Waals surface area contributed by atoms with E-state index < -0.39 is 0 Å². The van der Waals surface area contributed by atoms with E-state index in [4.69, 9.17) is 4.42 Å². The number of nitrogens with one attached hydrogen (secondary N) is 1. The van der Waals surface area contributed by atoms with Crippen molar-refractivity contribution >= 4 is 5.82 Å². The number of aryl methyl sites for hydroxylation is 1. The van der Waals surface area contributed by atoms with Gasteiger partial charge in [-0.05, 0) is 43.3 Å². The molecule has 0 bridgehead atoms. The molecule has 0 aliphatic rings. The minimum absolute atomic E-state index is 0.728. The molecule has 0 aromatic carbocycles. The van der Waals surface area contributed by atoms with Crippen molar-refractivity contribution in [3.05, 3.63) is 47.5 Å². The zero-order valence-corrected chi connectivity index (χ0v) is 11.8. The van der Waals surface area contributed by atoms with Crippen LogP contribution in [0.4, 0.5) is 5.82 Å². The van der Waals surface area contributed by atoms with Gasteiger partial charge >= 0.3 is 0 Å². The largest absolute Gasteiger partial charge is 0.464 e. The standard InChI is InChI=1S/C15H21N3O/c1-4-16-10-13-7-8-17-15(9-13)18(3)11-14-6-5-12(2)19-14/h5-9,16H,4,10-11H2,1-3H3. The lowest BCUT2D eigenvalue weighted by molar-refractivity contribution is 0.481. The van der Waals surface area contributed by atoms with Gasteiger partial charge in [-0.3, -0.25) is 0 Å². The van der Waals surface area contributed by atoms with Gasteiger partial charge in [-0.25, -0.2) is 4.98 Å². The molecule has 19 heavy (non-hydrogen) atoms. The van der Waals surface area contributed by atoms with Gasteiger partial charge in [0.2, 0.25) is 0 Å². The molecule has 2 heterocycles. The Kier molecular flexibility index (Phi) is 4.58. The number of hydrogen-bond donors (Lipinski definition) is 1. The molecule has 0 unspecified atom stereocenters. The predicted octanol–water partition coefficient (Wildman–Crippen LogP) is 2.73. The van der Waals surface area contributed by atoms with E-state index in [9.17, 15) is 0 Å². The van der Waals surface area contributed by atoms with Crippen molar-refractivity contribution in [2.24, 2.45) is 0 Å². The number of pyridine rings is 1. The molecule has 0 radical (unpaired) electrons. The zero-order valence-electron chi connectivity index (χ0n) is 11.8. The van der Waals surface area contributed by atoms with Crippen LogP contribution in [0.5, 0.6) is 0 Å². The third-order valence-electron chi connectivity index (χ3n) is 2.97. The molecule has 2 aromatic rings. The molecule has 0 aliphatic heterocycles. The smallest absolute Gasteiger partial charge is 0.128 e. The summed E-state index contributed by atoms with van der Waals surface area (Å²) in [5.41, 5.74) is 1.24. The van der Waals surface area contributed by atoms with E-state index >= 15 is 0 Å². The molecule has 0 aliphatic carbocycles. The fourth-order valence-electron chi connectivity index (χ4n) is 1.93. The van der Waals surface area contributed by atoms with E-state index in [0.29, 0.717) is 0 Å². The van der Waals surface area contributed by atoms with Crippen LogP contribution in [0.2, 0.25) is 0 Å². The van der Waals surface area contributed by atoms with E-state index in [0.717, 1.165) is 37.0 Å². The molecule has 2 aromatic heterocycles. The predicted molar refractivity (Wildman–Crippen MR) is 77.2 cm³/mol. The Hall–Kier alpha value is -1.81. The van der Waals surface area contributed by atoms with Crippen molar-refractivity contribution < 1.29 is 4.42 Å². The molecular weight excluding hydrogens is 238 g/mol. The summed E-state index contributed by atoms with van der Waals surface area (Å²) in [6.07, 6.45) is 1.85. The Morgan fingerprint density at radius 3 is 2.84 bits per heavy atom. The molecule has 102 valence electrons. The number of rotatable bonds is 6. The maximum atomic E-state index is 5.59. The maximum absolute atomic E-state index is 5.59. The molecule has 2 rings (SSSR count). The Labute approximate surface area is 114 Å². The summed E-state index contributed by atoms with van der Waals surface area (Å²) in [6, 6.07) is 8.14. The second kappa shape index (κ2) is 6.38. The van der Waals surface area contributed by atoms with Crippen LogP contribution in [-0.4, -0.2) is 18.6 Å². The lowest BCUT2D eigenvalue weighted by atomic mass is 10.2. The molecule has 0 spiro atoms. The summed E-state index contributed by atoms with van der Waals surface area (Å²) < 4.78 is 5.59. The van der Waals surface area contributed by atoms with Crippen LogP contribution in [0.1, 0.15) is 24.0 Å². The SMILES string of the molecule is CCNCc1ccnc(N(C)Cc2ccc(C)o2)c1. The van der Waals surface area contributed by atoms with Gasteiger partial charge < -0.3 is 14.6 Å². The van der Waals surface area contributed by atoms with Crippen molar-refractivity contribution in [2.45, 2.75) is 26.9 Å².